The molecule has 4 rings (SSSR count). The van der Waals surface area contributed by atoms with Crippen molar-refractivity contribution in [3.05, 3.63) is 70.7 Å². The summed E-state index contributed by atoms with van der Waals surface area (Å²) in [6, 6.07) is 11.2. The van der Waals surface area contributed by atoms with Crippen molar-refractivity contribution in [2.75, 3.05) is 6.61 Å². The molecule has 3 aromatic heterocycles. The van der Waals surface area contributed by atoms with Crippen LogP contribution in [0.3, 0.4) is 0 Å². The fraction of sp³-hybridized carbons (Fsp3) is 0.269. The highest BCUT2D eigenvalue weighted by Gasteiger charge is 2.23. The van der Waals surface area contributed by atoms with E-state index in [1.54, 1.807) is 30.8 Å². The summed E-state index contributed by atoms with van der Waals surface area (Å²) in [5.41, 5.74) is 4.23. The number of ether oxygens (including phenoxy) is 1. The molecule has 0 saturated carbocycles. The Morgan fingerprint density at radius 2 is 1.82 bits per heavy atom. The number of aryl methyl sites for hydroxylation is 1. The molecule has 0 spiro atoms. The molecule has 0 aliphatic heterocycles. The SMILES string of the molecule is CC(=O)c1c(C)[nH]c(C(=O)COC(=O)c2cc(-c3ccccc3)nc3c2cnn3C(C)C)c1C. The fourth-order valence-corrected chi connectivity index (χ4v) is 4.16. The molecule has 174 valence electrons. The number of ketones is 2. The number of carbonyl (C=O) groups is 3. The third kappa shape index (κ3) is 4.14. The van der Waals surface area contributed by atoms with Crippen LogP contribution in [0.5, 0.6) is 0 Å². The zero-order valence-corrected chi connectivity index (χ0v) is 19.8. The number of hydrogen-bond donors (Lipinski definition) is 1. The molecule has 1 aromatic carbocycles. The summed E-state index contributed by atoms with van der Waals surface area (Å²) in [6.07, 6.45) is 1.59. The van der Waals surface area contributed by atoms with E-state index in [0.717, 1.165) is 5.56 Å². The summed E-state index contributed by atoms with van der Waals surface area (Å²) in [4.78, 5) is 45.5. The molecular weight excluding hydrogens is 432 g/mol. The lowest BCUT2D eigenvalue weighted by Gasteiger charge is -2.11. The number of pyridine rings is 1. The highest BCUT2D eigenvalue weighted by atomic mass is 16.5. The van der Waals surface area contributed by atoms with Crippen molar-refractivity contribution in [1.82, 2.24) is 19.7 Å². The summed E-state index contributed by atoms with van der Waals surface area (Å²) >= 11 is 0. The van der Waals surface area contributed by atoms with Gasteiger partial charge in [-0.3, -0.25) is 9.59 Å². The van der Waals surface area contributed by atoms with E-state index < -0.39 is 18.4 Å². The van der Waals surface area contributed by atoms with Crippen molar-refractivity contribution in [3.63, 3.8) is 0 Å². The average Bonchev–Trinajstić information content (AvgIpc) is 3.37. The number of nitrogens with zero attached hydrogens (tertiary/aromatic N) is 3. The molecule has 0 fully saturated rings. The molecule has 8 nitrogen and oxygen atoms in total. The van der Waals surface area contributed by atoms with E-state index >= 15 is 0 Å². The summed E-state index contributed by atoms with van der Waals surface area (Å²) in [5, 5.41) is 4.95. The van der Waals surface area contributed by atoms with Gasteiger partial charge in [0, 0.05) is 22.9 Å². The number of Topliss-reactive ketones (excluding diaryl/α,β-unsaturated/α-hetero) is 2. The maximum absolute atomic E-state index is 13.1. The molecule has 3 heterocycles. The summed E-state index contributed by atoms with van der Waals surface area (Å²) in [5.74, 6) is -1.18. The lowest BCUT2D eigenvalue weighted by Crippen LogP contribution is -2.16. The second-order valence-corrected chi connectivity index (χ2v) is 8.52. The Bertz CT molecular complexity index is 1410. The molecule has 0 amide bonds. The van der Waals surface area contributed by atoms with E-state index in [-0.39, 0.29) is 23.1 Å². The Morgan fingerprint density at radius 1 is 1.12 bits per heavy atom. The van der Waals surface area contributed by atoms with Gasteiger partial charge in [-0.1, -0.05) is 30.3 Å². The molecule has 0 radical (unpaired) electrons. The van der Waals surface area contributed by atoms with Crippen molar-refractivity contribution in [2.45, 2.75) is 40.7 Å². The molecule has 0 bridgehead atoms. The van der Waals surface area contributed by atoms with Crippen LogP contribution in [-0.4, -0.2) is 43.9 Å². The molecule has 0 saturated heterocycles. The first-order valence-corrected chi connectivity index (χ1v) is 11.0. The van der Waals surface area contributed by atoms with Crippen molar-refractivity contribution >= 4 is 28.6 Å². The second kappa shape index (κ2) is 9.05. The number of carbonyl (C=O) groups excluding carboxylic acids is 3. The predicted molar refractivity (Wildman–Crippen MR) is 128 cm³/mol. The maximum atomic E-state index is 13.1. The van der Waals surface area contributed by atoms with E-state index in [0.29, 0.717) is 33.5 Å². The molecule has 0 unspecified atom stereocenters. The number of hydrogen-bond acceptors (Lipinski definition) is 6. The van der Waals surface area contributed by atoms with E-state index in [4.69, 9.17) is 9.72 Å². The van der Waals surface area contributed by atoms with Crippen molar-refractivity contribution in [1.29, 1.82) is 0 Å². The Kier molecular flexibility index (Phi) is 6.15. The number of benzene rings is 1. The highest BCUT2D eigenvalue weighted by Crippen LogP contribution is 2.27. The number of nitrogens with one attached hydrogen (secondary N) is 1. The first-order valence-electron chi connectivity index (χ1n) is 11.0. The standard InChI is InChI=1S/C26H26N4O4/c1-14(2)30-25-20(12-27-30)19(11-21(29-25)18-9-7-6-8-10-18)26(33)34-13-22(32)24-15(3)23(17(5)31)16(4)28-24/h6-12,14,28H,13H2,1-5H3. The van der Waals surface area contributed by atoms with Gasteiger partial charge in [0.05, 0.1) is 28.5 Å². The minimum absolute atomic E-state index is 0.0380. The Morgan fingerprint density at radius 3 is 2.44 bits per heavy atom. The van der Waals surface area contributed by atoms with Gasteiger partial charge < -0.3 is 9.72 Å². The molecule has 1 N–H and O–H groups in total. The largest absolute Gasteiger partial charge is 0.454 e. The van der Waals surface area contributed by atoms with E-state index in [1.165, 1.54) is 6.92 Å². The van der Waals surface area contributed by atoms with Crippen LogP contribution >= 0.6 is 0 Å². The van der Waals surface area contributed by atoms with Crippen LogP contribution < -0.4 is 0 Å². The van der Waals surface area contributed by atoms with E-state index in [1.807, 2.05) is 44.2 Å². The molecule has 34 heavy (non-hydrogen) atoms. The quantitative estimate of drug-likeness (QED) is 0.313. The zero-order chi connectivity index (χ0) is 24.6. The smallest absolute Gasteiger partial charge is 0.339 e. The number of aromatic amines is 1. The summed E-state index contributed by atoms with van der Waals surface area (Å²) < 4.78 is 7.17. The third-order valence-electron chi connectivity index (χ3n) is 5.75. The summed E-state index contributed by atoms with van der Waals surface area (Å²) in [6.45, 7) is 8.39. The molecule has 4 aromatic rings. The van der Waals surface area contributed by atoms with Crippen LogP contribution in [0.15, 0.2) is 42.6 Å². The lowest BCUT2D eigenvalue weighted by molar-refractivity contribution is 0.0475. The third-order valence-corrected chi connectivity index (χ3v) is 5.75. The number of H-pyrrole nitrogens is 1. The van der Waals surface area contributed by atoms with Crippen LogP contribution in [0.4, 0.5) is 0 Å². The lowest BCUT2D eigenvalue weighted by atomic mass is 10.1. The number of rotatable bonds is 7. The first-order chi connectivity index (χ1) is 16.2. The monoisotopic (exact) mass is 458 g/mol. The minimum Gasteiger partial charge on any atom is -0.454 e. The Balaban J connectivity index is 1.67. The first kappa shape index (κ1) is 23.1. The second-order valence-electron chi connectivity index (χ2n) is 8.52. The fourth-order valence-electron chi connectivity index (χ4n) is 4.16. The van der Waals surface area contributed by atoms with Crippen LogP contribution in [0.2, 0.25) is 0 Å². The molecular formula is C26H26N4O4. The Labute approximate surface area is 197 Å². The topological polar surface area (TPSA) is 107 Å². The number of aromatic nitrogens is 4. The molecule has 8 heteroatoms. The number of fused-ring (bicyclic) bond motifs is 1. The van der Waals surface area contributed by atoms with Gasteiger partial charge in [-0.05, 0) is 46.2 Å². The van der Waals surface area contributed by atoms with Crippen LogP contribution in [0.25, 0.3) is 22.3 Å². The molecule has 0 aliphatic rings. The van der Waals surface area contributed by atoms with Gasteiger partial charge in [-0.25, -0.2) is 14.5 Å². The van der Waals surface area contributed by atoms with Gasteiger partial charge in [0.15, 0.2) is 18.0 Å². The maximum Gasteiger partial charge on any atom is 0.339 e. The van der Waals surface area contributed by atoms with Gasteiger partial charge in [-0.2, -0.15) is 5.10 Å². The van der Waals surface area contributed by atoms with Crippen molar-refractivity contribution in [2.24, 2.45) is 0 Å². The van der Waals surface area contributed by atoms with Crippen molar-refractivity contribution < 1.29 is 19.1 Å². The average molecular weight is 459 g/mol. The highest BCUT2D eigenvalue weighted by molar-refractivity contribution is 6.07. The molecule has 0 aliphatic carbocycles. The van der Waals surface area contributed by atoms with Gasteiger partial charge in [0.25, 0.3) is 0 Å². The van der Waals surface area contributed by atoms with Gasteiger partial charge >= 0.3 is 5.97 Å². The van der Waals surface area contributed by atoms with Crippen LogP contribution in [0.1, 0.15) is 69.3 Å². The van der Waals surface area contributed by atoms with Crippen molar-refractivity contribution in [3.8, 4) is 11.3 Å². The van der Waals surface area contributed by atoms with E-state index in [9.17, 15) is 14.4 Å². The normalized spacial score (nSPS) is 11.2. The summed E-state index contributed by atoms with van der Waals surface area (Å²) in [7, 11) is 0. The van der Waals surface area contributed by atoms with E-state index in [2.05, 4.69) is 10.1 Å². The van der Waals surface area contributed by atoms with Crippen LogP contribution in [-0.2, 0) is 4.74 Å². The van der Waals surface area contributed by atoms with Gasteiger partial charge in [0.1, 0.15) is 0 Å². The van der Waals surface area contributed by atoms with Gasteiger partial charge in [0.2, 0.25) is 5.78 Å². The predicted octanol–water partition coefficient (Wildman–Crippen LogP) is 4.87. The number of esters is 1. The van der Waals surface area contributed by atoms with Gasteiger partial charge in [-0.15, -0.1) is 0 Å². The Hall–Kier alpha value is -4.07. The van der Waals surface area contributed by atoms with Crippen LogP contribution in [0, 0.1) is 13.8 Å². The molecule has 0 atom stereocenters. The zero-order valence-electron chi connectivity index (χ0n) is 19.8. The minimum atomic E-state index is -0.644.